The average Bonchev–Trinajstić information content (AvgIpc) is 3.43. The number of hydrogen-bond acceptors (Lipinski definition) is 4. The van der Waals surface area contributed by atoms with E-state index < -0.39 is 6.04 Å². The lowest BCUT2D eigenvalue weighted by Crippen LogP contribution is -2.54. The number of ether oxygens (including phenoxy) is 1. The quantitative estimate of drug-likeness (QED) is 0.350. The zero-order valence-electron chi connectivity index (χ0n) is 24.8. The Morgan fingerprint density at radius 2 is 1.79 bits per heavy atom. The summed E-state index contributed by atoms with van der Waals surface area (Å²) < 4.78 is 33.6. The zero-order valence-corrected chi connectivity index (χ0v) is 24.8. The molecule has 1 aliphatic heterocycles. The fourth-order valence-electron chi connectivity index (χ4n) is 5.73. The minimum absolute atomic E-state index is 0.0967. The number of rotatable bonds is 9. The van der Waals surface area contributed by atoms with Gasteiger partial charge in [0.15, 0.2) is 0 Å². The van der Waals surface area contributed by atoms with Crippen LogP contribution >= 0.6 is 0 Å². The number of H-pyrrole nitrogens is 1. The highest BCUT2D eigenvalue weighted by molar-refractivity contribution is 5.97. The van der Waals surface area contributed by atoms with E-state index in [9.17, 15) is 18.4 Å². The standard InChI is InChI=1S/C33H39F2N5O3/c1-21(28-19-36-30-7-5-4-6-27(28)30)31(32(41)37-24-10-13-29(35)22(18-24)20-39(2)3)38-33(42)40-16-14-26(15-17-40)43-25-11-8-23(34)9-12-25/h6-13,18-19,21,26,31,36H,4-5,14-17,20H2,1-3H3,(H,37,41)(H,38,42)/t21-,31+/m0/s1. The van der Waals surface area contributed by atoms with Crippen LogP contribution in [-0.2, 0) is 11.3 Å². The summed E-state index contributed by atoms with van der Waals surface area (Å²) in [6.45, 7) is 3.22. The Bertz CT molecular complexity index is 1560. The summed E-state index contributed by atoms with van der Waals surface area (Å²) in [5.41, 5.74) is 1.88. The lowest BCUT2D eigenvalue weighted by molar-refractivity contribution is -0.118. The lowest BCUT2D eigenvalue weighted by atomic mass is 9.92. The van der Waals surface area contributed by atoms with Crippen molar-refractivity contribution in [1.29, 1.82) is 0 Å². The first-order valence-electron chi connectivity index (χ1n) is 14.8. The second kappa shape index (κ2) is 13.4. The molecule has 0 saturated carbocycles. The fraction of sp³-hybridized carbons (Fsp3) is 0.394. The topological polar surface area (TPSA) is 89.7 Å². The number of likely N-dealkylation sites (tertiary alicyclic amines) is 1. The Hall–Kier alpha value is -4.18. The molecule has 0 spiro atoms. The first-order chi connectivity index (χ1) is 20.7. The number of aromatic amines is 1. The van der Waals surface area contributed by atoms with Crippen LogP contribution in [0.3, 0.4) is 0 Å². The van der Waals surface area contributed by atoms with Gasteiger partial charge in [0, 0.05) is 61.2 Å². The molecule has 10 heteroatoms. The molecule has 3 N–H and O–H groups in total. The number of urea groups is 1. The minimum atomic E-state index is -0.890. The number of benzene rings is 2. The SMILES string of the molecule is C[C@@H](c1c[nH]c2c1=CCCC=2)[C@@H](NC(=O)N1CCC(Oc2ccc(F)cc2)CC1)C(=O)Nc1ccc(F)c(CN(C)C)c1. The number of nitrogens with one attached hydrogen (secondary N) is 3. The predicted octanol–water partition coefficient (Wildman–Crippen LogP) is 4.07. The van der Waals surface area contributed by atoms with Gasteiger partial charge in [-0.1, -0.05) is 19.1 Å². The molecule has 0 bridgehead atoms. The predicted molar refractivity (Wildman–Crippen MR) is 163 cm³/mol. The molecule has 8 nitrogen and oxygen atoms in total. The van der Waals surface area contributed by atoms with Gasteiger partial charge in [-0.15, -0.1) is 0 Å². The van der Waals surface area contributed by atoms with E-state index >= 15 is 0 Å². The van der Waals surface area contributed by atoms with Gasteiger partial charge in [-0.2, -0.15) is 0 Å². The van der Waals surface area contributed by atoms with Crippen LogP contribution in [0.4, 0.5) is 19.3 Å². The maximum atomic E-state index is 14.4. The van der Waals surface area contributed by atoms with Crippen LogP contribution in [0.2, 0.25) is 0 Å². The summed E-state index contributed by atoms with van der Waals surface area (Å²) in [5, 5.41) is 8.00. The zero-order chi connectivity index (χ0) is 30.5. The van der Waals surface area contributed by atoms with Gasteiger partial charge >= 0.3 is 6.03 Å². The second-order valence-corrected chi connectivity index (χ2v) is 11.6. The van der Waals surface area contributed by atoms with Crippen LogP contribution in [0.1, 0.15) is 49.7 Å². The van der Waals surface area contributed by atoms with Crippen molar-refractivity contribution in [1.82, 2.24) is 20.1 Å². The highest BCUT2D eigenvalue weighted by atomic mass is 19.1. The van der Waals surface area contributed by atoms with Gasteiger partial charge in [0.25, 0.3) is 0 Å². The van der Waals surface area contributed by atoms with E-state index in [0.29, 0.717) is 49.5 Å². The van der Waals surface area contributed by atoms with E-state index in [-0.39, 0.29) is 35.6 Å². The molecule has 2 aliphatic rings. The molecular weight excluding hydrogens is 552 g/mol. The summed E-state index contributed by atoms with van der Waals surface area (Å²) in [6.07, 6.45) is 9.19. The summed E-state index contributed by atoms with van der Waals surface area (Å²) in [4.78, 5) is 34.2. The van der Waals surface area contributed by atoms with E-state index in [2.05, 4.69) is 27.8 Å². The van der Waals surface area contributed by atoms with Crippen molar-refractivity contribution in [2.24, 2.45) is 0 Å². The number of carbonyl (C=O) groups excluding carboxylic acids is 2. The average molecular weight is 592 g/mol. The van der Waals surface area contributed by atoms with Crippen LogP contribution < -0.4 is 25.9 Å². The summed E-state index contributed by atoms with van der Waals surface area (Å²) in [6, 6.07) is 9.19. The van der Waals surface area contributed by atoms with Crippen molar-refractivity contribution in [2.45, 2.75) is 57.2 Å². The van der Waals surface area contributed by atoms with E-state index in [1.54, 1.807) is 23.1 Å². The van der Waals surface area contributed by atoms with Crippen LogP contribution in [0.5, 0.6) is 5.75 Å². The van der Waals surface area contributed by atoms with Crippen LogP contribution in [0.25, 0.3) is 12.2 Å². The molecule has 228 valence electrons. The molecule has 2 heterocycles. The number of nitrogens with zero attached hydrogens (tertiary/aromatic N) is 2. The Morgan fingerprint density at radius 3 is 2.51 bits per heavy atom. The molecule has 1 saturated heterocycles. The molecule has 0 unspecified atom stereocenters. The van der Waals surface area contributed by atoms with Crippen molar-refractivity contribution in [3.8, 4) is 5.75 Å². The number of amides is 3. The summed E-state index contributed by atoms with van der Waals surface area (Å²) >= 11 is 0. The normalized spacial score (nSPS) is 16.5. The van der Waals surface area contributed by atoms with Crippen LogP contribution in [-0.4, -0.2) is 66.1 Å². The molecule has 1 aliphatic carbocycles. The third-order valence-electron chi connectivity index (χ3n) is 8.05. The van der Waals surface area contributed by atoms with E-state index in [1.807, 2.05) is 32.1 Å². The number of anilines is 1. The molecule has 0 radical (unpaired) electrons. The molecule has 5 rings (SSSR count). The number of carbonyl (C=O) groups is 2. The third kappa shape index (κ3) is 7.43. The molecule has 2 aromatic carbocycles. The molecule has 1 fully saturated rings. The number of aromatic nitrogens is 1. The van der Waals surface area contributed by atoms with Gasteiger partial charge in [0.2, 0.25) is 5.91 Å². The van der Waals surface area contributed by atoms with Crippen molar-refractivity contribution < 1.29 is 23.1 Å². The Morgan fingerprint density at radius 1 is 1.07 bits per heavy atom. The second-order valence-electron chi connectivity index (χ2n) is 11.6. The van der Waals surface area contributed by atoms with E-state index in [0.717, 1.165) is 29.0 Å². The van der Waals surface area contributed by atoms with Gasteiger partial charge in [0.1, 0.15) is 29.5 Å². The largest absolute Gasteiger partial charge is 0.490 e. The first kappa shape index (κ1) is 30.3. The first-order valence-corrected chi connectivity index (χ1v) is 14.8. The number of piperidine rings is 1. The Kier molecular flexibility index (Phi) is 9.45. The molecule has 3 amide bonds. The van der Waals surface area contributed by atoms with Gasteiger partial charge in [-0.05, 0) is 80.2 Å². The number of fused-ring (bicyclic) bond motifs is 1. The summed E-state index contributed by atoms with van der Waals surface area (Å²) in [7, 11) is 3.70. The smallest absolute Gasteiger partial charge is 0.318 e. The molecule has 43 heavy (non-hydrogen) atoms. The lowest BCUT2D eigenvalue weighted by Gasteiger charge is -2.34. The van der Waals surface area contributed by atoms with Crippen molar-refractivity contribution in [2.75, 3.05) is 32.5 Å². The van der Waals surface area contributed by atoms with Gasteiger partial charge in [0.05, 0.1) is 0 Å². The van der Waals surface area contributed by atoms with E-state index in [4.69, 9.17) is 4.74 Å². The monoisotopic (exact) mass is 591 g/mol. The number of halogens is 2. The maximum Gasteiger partial charge on any atom is 0.318 e. The van der Waals surface area contributed by atoms with Gasteiger partial charge in [-0.3, -0.25) is 4.79 Å². The highest BCUT2D eigenvalue weighted by Crippen LogP contribution is 2.23. The highest BCUT2D eigenvalue weighted by Gasteiger charge is 2.32. The van der Waals surface area contributed by atoms with Crippen LogP contribution in [0, 0.1) is 11.6 Å². The number of hydrogen-bond donors (Lipinski definition) is 3. The minimum Gasteiger partial charge on any atom is -0.490 e. The molecule has 1 aromatic heterocycles. The summed E-state index contributed by atoms with van der Waals surface area (Å²) in [5.74, 6) is -0.813. The maximum absolute atomic E-state index is 14.4. The van der Waals surface area contributed by atoms with E-state index in [1.165, 1.54) is 24.3 Å². The fourth-order valence-corrected chi connectivity index (χ4v) is 5.73. The van der Waals surface area contributed by atoms with Crippen molar-refractivity contribution in [3.63, 3.8) is 0 Å². The van der Waals surface area contributed by atoms with Gasteiger partial charge in [-0.25, -0.2) is 13.6 Å². The molecular formula is C33H39F2N5O3. The molecule has 3 aromatic rings. The Labute approximate surface area is 250 Å². The molecule has 2 atom stereocenters. The van der Waals surface area contributed by atoms with Gasteiger partial charge < -0.3 is 30.2 Å². The third-order valence-corrected chi connectivity index (χ3v) is 8.05. The van der Waals surface area contributed by atoms with Crippen molar-refractivity contribution in [3.05, 3.63) is 82.0 Å². The van der Waals surface area contributed by atoms with Crippen molar-refractivity contribution >= 4 is 29.8 Å². The Balaban J connectivity index is 1.31. The van der Waals surface area contributed by atoms with Crippen LogP contribution in [0.15, 0.2) is 48.7 Å².